The average molecular weight is 710 g/mol. The van der Waals surface area contributed by atoms with Crippen molar-refractivity contribution in [3.8, 4) is 5.75 Å². The smallest absolute Gasteiger partial charge is 0.460 e. The van der Waals surface area contributed by atoms with Crippen LogP contribution in [0.1, 0.15) is 74.6 Å². The summed E-state index contributed by atoms with van der Waals surface area (Å²) in [5, 5.41) is 8.82. The molecule has 0 aliphatic carbocycles. The predicted octanol–water partition coefficient (Wildman–Crippen LogP) is 10.7. The van der Waals surface area contributed by atoms with Gasteiger partial charge in [-0.25, -0.2) is 4.79 Å². The molecule has 0 radical (unpaired) electrons. The van der Waals surface area contributed by atoms with E-state index in [1.165, 1.54) is 24.3 Å². The van der Waals surface area contributed by atoms with Crippen molar-refractivity contribution in [1.82, 2.24) is 0 Å². The molecule has 268 valence electrons. The van der Waals surface area contributed by atoms with Gasteiger partial charge in [0.1, 0.15) is 5.75 Å². The van der Waals surface area contributed by atoms with E-state index in [-0.39, 0.29) is 18.4 Å². The normalized spacial score (nSPS) is 14.5. The van der Waals surface area contributed by atoms with Crippen LogP contribution in [0.25, 0.3) is 0 Å². The summed E-state index contributed by atoms with van der Waals surface area (Å²) in [6.45, 7) is 0.302. The van der Waals surface area contributed by atoms with Crippen LogP contribution < -0.4 is 4.74 Å². The lowest BCUT2D eigenvalue weighted by atomic mass is 9.87. The number of halogens is 17. The van der Waals surface area contributed by atoms with Gasteiger partial charge in [0.15, 0.2) is 0 Å². The lowest BCUT2D eigenvalue weighted by Crippen LogP contribution is -2.74. The summed E-state index contributed by atoms with van der Waals surface area (Å²) >= 11 is 0. The highest BCUT2D eigenvalue weighted by Gasteiger charge is 2.95. The van der Waals surface area contributed by atoms with Crippen molar-refractivity contribution in [2.24, 2.45) is 0 Å². The van der Waals surface area contributed by atoms with Crippen molar-refractivity contribution in [3.05, 3.63) is 29.8 Å². The third kappa shape index (κ3) is 8.23. The Kier molecular flexibility index (Phi) is 13.1. The first-order chi connectivity index (χ1) is 20.6. The van der Waals surface area contributed by atoms with Crippen LogP contribution in [0.4, 0.5) is 74.6 Å². The number of ether oxygens (including phenoxy) is 1. The van der Waals surface area contributed by atoms with Crippen LogP contribution in [0.5, 0.6) is 5.75 Å². The van der Waals surface area contributed by atoms with Crippen LogP contribution >= 0.6 is 0 Å². The van der Waals surface area contributed by atoms with Gasteiger partial charge in [-0.2, -0.15) is 74.6 Å². The number of benzene rings is 1. The standard InChI is InChI=1S/C26H27F17O3/c27-19(28,14-8-6-4-2-1-3-5-7-9-15-46-17-12-10-16(11-13-17)18(44)45)20(29,30)21(31,32)22(33,34)23(35,36)24(37,38)25(39,40)26(41,42)43/h10-13H,1-9,14-15H2,(H,44,45). The third-order valence-electron chi connectivity index (χ3n) is 6.79. The fourth-order valence-electron chi connectivity index (χ4n) is 3.92. The molecule has 3 nitrogen and oxygen atoms in total. The number of rotatable bonds is 20. The van der Waals surface area contributed by atoms with Crippen molar-refractivity contribution in [3.63, 3.8) is 0 Å². The minimum absolute atomic E-state index is 0.0144. The average Bonchev–Trinajstić information content (AvgIpc) is 2.92. The molecule has 0 bridgehead atoms. The monoisotopic (exact) mass is 710 g/mol. The summed E-state index contributed by atoms with van der Waals surface area (Å²) in [4.78, 5) is 10.8. The van der Waals surface area contributed by atoms with Crippen LogP contribution in [0.3, 0.4) is 0 Å². The number of carboxylic acid groups (broad SMARTS) is 1. The maximum atomic E-state index is 13.9. The number of hydrogen-bond acceptors (Lipinski definition) is 2. The molecule has 0 aliphatic rings. The summed E-state index contributed by atoms with van der Waals surface area (Å²) in [5.74, 6) is -56.6. The molecule has 0 amide bonds. The first-order valence-electron chi connectivity index (χ1n) is 13.3. The van der Waals surface area contributed by atoms with Crippen molar-refractivity contribution < 1.29 is 89.3 Å². The minimum atomic E-state index is -8.61. The SMILES string of the molecule is O=C(O)c1ccc(OCCCCCCCCCCCC(F)(F)C(F)(F)C(F)(F)C(F)(F)C(F)(F)C(F)(F)C(F)(F)C(F)(F)F)cc1. The highest BCUT2D eigenvalue weighted by atomic mass is 19.4. The zero-order chi connectivity index (χ0) is 36.0. The van der Waals surface area contributed by atoms with E-state index in [1.807, 2.05) is 0 Å². The predicted molar refractivity (Wildman–Crippen MR) is 126 cm³/mol. The fourth-order valence-corrected chi connectivity index (χ4v) is 3.92. The summed E-state index contributed by atoms with van der Waals surface area (Å²) in [5.41, 5.74) is 0.0698. The summed E-state index contributed by atoms with van der Waals surface area (Å²) in [7, 11) is 0. The maximum absolute atomic E-state index is 13.9. The lowest BCUT2D eigenvalue weighted by Gasteiger charge is -2.42. The zero-order valence-electron chi connectivity index (χ0n) is 23.3. The summed E-state index contributed by atoms with van der Waals surface area (Å²) in [6.07, 6.45) is -8.37. The van der Waals surface area contributed by atoms with Crippen molar-refractivity contribution in [2.75, 3.05) is 6.61 Å². The molecule has 0 unspecified atom stereocenters. The maximum Gasteiger partial charge on any atom is 0.460 e. The molecule has 0 fully saturated rings. The number of hydrogen-bond donors (Lipinski definition) is 1. The Morgan fingerprint density at radius 1 is 0.500 bits per heavy atom. The van der Waals surface area contributed by atoms with Crippen LogP contribution in [-0.2, 0) is 0 Å². The van der Waals surface area contributed by atoms with Gasteiger partial charge in [-0.3, -0.25) is 0 Å². The number of unbranched alkanes of at least 4 members (excludes halogenated alkanes) is 8. The van der Waals surface area contributed by atoms with Gasteiger partial charge in [0.05, 0.1) is 12.2 Å². The highest BCUT2D eigenvalue weighted by molar-refractivity contribution is 5.87. The molecule has 0 aromatic heterocycles. The molecule has 1 rings (SSSR count). The van der Waals surface area contributed by atoms with Crippen molar-refractivity contribution in [1.29, 1.82) is 0 Å². The van der Waals surface area contributed by atoms with Crippen LogP contribution in [0.2, 0.25) is 0 Å². The van der Waals surface area contributed by atoms with E-state index < -0.39 is 72.9 Å². The van der Waals surface area contributed by atoms with Gasteiger partial charge in [0.25, 0.3) is 0 Å². The first-order valence-corrected chi connectivity index (χ1v) is 13.3. The number of aromatic carboxylic acids is 1. The Bertz CT molecular complexity index is 1120. The van der Waals surface area contributed by atoms with Crippen LogP contribution in [0.15, 0.2) is 24.3 Å². The van der Waals surface area contributed by atoms with Gasteiger partial charge in [0.2, 0.25) is 0 Å². The Morgan fingerprint density at radius 2 is 0.848 bits per heavy atom. The molecule has 1 aromatic rings. The number of alkyl halides is 17. The highest BCUT2D eigenvalue weighted by Crippen LogP contribution is 2.64. The minimum Gasteiger partial charge on any atom is -0.494 e. The number of carbonyl (C=O) groups is 1. The second-order valence-electron chi connectivity index (χ2n) is 10.3. The molecular weight excluding hydrogens is 683 g/mol. The first kappa shape index (κ1) is 41.3. The molecule has 0 saturated carbocycles. The Morgan fingerprint density at radius 3 is 1.24 bits per heavy atom. The molecule has 0 saturated heterocycles. The lowest BCUT2D eigenvalue weighted by molar-refractivity contribution is -0.461. The second-order valence-corrected chi connectivity index (χ2v) is 10.3. The Labute approximate surface area is 250 Å². The second kappa shape index (κ2) is 14.6. The molecule has 0 aliphatic heterocycles. The quantitative estimate of drug-likeness (QED) is 0.108. The van der Waals surface area contributed by atoms with Crippen molar-refractivity contribution >= 4 is 5.97 Å². The van der Waals surface area contributed by atoms with E-state index in [0.29, 0.717) is 44.5 Å². The van der Waals surface area contributed by atoms with E-state index in [2.05, 4.69) is 0 Å². The zero-order valence-corrected chi connectivity index (χ0v) is 23.3. The Hall–Kier alpha value is -2.70. The fraction of sp³-hybridized carbons (Fsp3) is 0.731. The third-order valence-corrected chi connectivity index (χ3v) is 6.79. The van der Waals surface area contributed by atoms with E-state index in [9.17, 15) is 79.4 Å². The molecule has 1 N–H and O–H groups in total. The van der Waals surface area contributed by atoms with Gasteiger partial charge in [-0.1, -0.05) is 44.9 Å². The van der Waals surface area contributed by atoms with E-state index in [4.69, 9.17) is 9.84 Å². The van der Waals surface area contributed by atoms with Crippen molar-refractivity contribution in [2.45, 2.75) is 112 Å². The largest absolute Gasteiger partial charge is 0.494 e. The van der Waals surface area contributed by atoms with E-state index in [0.717, 1.165) is 0 Å². The topological polar surface area (TPSA) is 46.5 Å². The Balaban J connectivity index is 2.58. The van der Waals surface area contributed by atoms with E-state index >= 15 is 0 Å². The van der Waals surface area contributed by atoms with Gasteiger partial charge < -0.3 is 9.84 Å². The van der Waals surface area contributed by atoms with Gasteiger partial charge in [-0.15, -0.1) is 0 Å². The van der Waals surface area contributed by atoms with Gasteiger partial charge >= 0.3 is 53.6 Å². The molecule has 0 heterocycles. The summed E-state index contributed by atoms with van der Waals surface area (Å²) in [6, 6.07) is 5.63. The summed E-state index contributed by atoms with van der Waals surface area (Å²) < 4.78 is 231. The molecule has 1 aromatic carbocycles. The molecule has 0 spiro atoms. The van der Waals surface area contributed by atoms with Gasteiger partial charge in [0, 0.05) is 6.42 Å². The van der Waals surface area contributed by atoms with Gasteiger partial charge in [-0.05, 0) is 37.1 Å². The van der Waals surface area contributed by atoms with E-state index in [1.54, 1.807) is 0 Å². The molecule has 20 heteroatoms. The molecular formula is C26H27F17O3. The number of carboxylic acids is 1. The molecule has 0 atom stereocenters. The molecule has 46 heavy (non-hydrogen) atoms. The van der Waals surface area contributed by atoms with Crippen LogP contribution in [-0.4, -0.2) is 65.3 Å². The van der Waals surface area contributed by atoms with Crippen LogP contribution in [0, 0.1) is 0 Å².